The van der Waals surface area contributed by atoms with Gasteiger partial charge < -0.3 is 20.7 Å². The molecule has 0 heterocycles. The van der Waals surface area contributed by atoms with Crippen molar-refractivity contribution in [3.8, 4) is 5.75 Å². The summed E-state index contributed by atoms with van der Waals surface area (Å²) in [6, 6.07) is 18.4. The minimum atomic E-state index is -1.51. The molecule has 29 heavy (non-hydrogen) atoms. The highest BCUT2D eigenvalue weighted by Gasteiger charge is 2.26. The molecule has 5 heteroatoms. The number of aryl methyl sites for hydroxylation is 2. The van der Waals surface area contributed by atoms with Gasteiger partial charge in [-0.2, -0.15) is 0 Å². The average Bonchev–Trinajstić information content (AvgIpc) is 2.75. The van der Waals surface area contributed by atoms with Crippen molar-refractivity contribution < 1.29 is 14.9 Å². The molecule has 0 aliphatic rings. The summed E-state index contributed by atoms with van der Waals surface area (Å²) in [5, 5.41) is 20.0. The van der Waals surface area contributed by atoms with E-state index in [0.29, 0.717) is 6.42 Å². The Balaban J connectivity index is 1.80. The number of ether oxygens (including phenoxy) is 1. The van der Waals surface area contributed by atoms with Crippen LogP contribution in [0.2, 0.25) is 19.1 Å². The molecule has 2 aromatic rings. The first-order valence-electron chi connectivity index (χ1n) is 10.6. The molecule has 0 radical (unpaired) electrons. The van der Waals surface area contributed by atoms with E-state index in [-0.39, 0.29) is 13.2 Å². The third-order valence-corrected chi connectivity index (χ3v) is 9.39. The van der Waals surface area contributed by atoms with Crippen LogP contribution in [0.4, 0.5) is 0 Å². The molecule has 0 amide bonds. The molecule has 0 saturated carbocycles. The Morgan fingerprint density at radius 3 is 2.07 bits per heavy atom. The van der Waals surface area contributed by atoms with Gasteiger partial charge in [0.15, 0.2) is 0 Å². The van der Waals surface area contributed by atoms with Crippen molar-refractivity contribution in [2.24, 2.45) is 5.73 Å². The predicted octanol–water partition coefficient (Wildman–Crippen LogP) is 3.25. The third kappa shape index (κ3) is 6.96. The Labute approximate surface area is 176 Å². The Bertz CT molecular complexity index is 742. The maximum atomic E-state index is 9.30. The second-order valence-corrected chi connectivity index (χ2v) is 13.6. The highest BCUT2D eigenvalue weighted by molar-refractivity contribution is 6.90. The van der Waals surface area contributed by atoms with E-state index in [0.717, 1.165) is 18.6 Å². The first-order chi connectivity index (χ1) is 13.8. The molecule has 0 spiro atoms. The van der Waals surface area contributed by atoms with Crippen LogP contribution in [0.5, 0.6) is 5.75 Å². The molecular weight excluding hydrogens is 378 g/mol. The zero-order valence-corrected chi connectivity index (χ0v) is 19.2. The van der Waals surface area contributed by atoms with Crippen LogP contribution in [0.1, 0.15) is 30.4 Å². The van der Waals surface area contributed by atoms with Crippen molar-refractivity contribution in [2.45, 2.75) is 56.8 Å². The highest BCUT2D eigenvalue weighted by atomic mass is 28.3. The number of aliphatic hydroxyl groups is 2. The first-order valence-corrected chi connectivity index (χ1v) is 13.8. The van der Waals surface area contributed by atoms with Crippen molar-refractivity contribution in [1.29, 1.82) is 0 Å². The zero-order valence-electron chi connectivity index (χ0n) is 18.2. The van der Waals surface area contributed by atoms with Crippen LogP contribution in [-0.4, -0.2) is 44.1 Å². The van der Waals surface area contributed by atoms with Gasteiger partial charge in [-0.15, -0.1) is 0 Å². The van der Waals surface area contributed by atoms with Gasteiger partial charge in [0.25, 0.3) is 0 Å². The van der Waals surface area contributed by atoms with Gasteiger partial charge in [-0.1, -0.05) is 68.0 Å². The van der Waals surface area contributed by atoms with Gasteiger partial charge >= 0.3 is 0 Å². The monoisotopic (exact) mass is 415 g/mol. The van der Waals surface area contributed by atoms with E-state index in [1.807, 2.05) is 6.07 Å². The quantitative estimate of drug-likeness (QED) is 0.367. The van der Waals surface area contributed by atoms with Gasteiger partial charge in [0.2, 0.25) is 0 Å². The van der Waals surface area contributed by atoms with Crippen molar-refractivity contribution in [3.05, 3.63) is 59.7 Å². The number of methoxy groups -OCH3 is 1. The lowest BCUT2D eigenvalue weighted by Crippen LogP contribution is -2.47. The summed E-state index contributed by atoms with van der Waals surface area (Å²) in [6.07, 6.45) is 4.83. The number of hydrogen-bond donors (Lipinski definition) is 3. The summed E-state index contributed by atoms with van der Waals surface area (Å²) in [5.74, 6) is 1.03. The van der Waals surface area contributed by atoms with Gasteiger partial charge in [0, 0.05) is 0 Å². The molecule has 0 aliphatic carbocycles. The van der Waals surface area contributed by atoms with E-state index < -0.39 is 13.6 Å². The van der Waals surface area contributed by atoms with Gasteiger partial charge in [-0.05, 0) is 48.1 Å². The van der Waals surface area contributed by atoms with E-state index in [2.05, 4.69) is 55.6 Å². The summed E-state index contributed by atoms with van der Waals surface area (Å²) >= 11 is 0. The SMILES string of the molecule is COc1ccccc1[Si](C)(C)CCCCc1ccc(CCC(N)(CO)CO)cc1. The van der Waals surface area contributed by atoms with Gasteiger partial charge in [-0.3, -0.25) is 0 Å². The molecule has 0 atom stereocenters. The molecule has 0 bridgehead atoms. The summed E-state index contributed by atoms with van der Waals surface area (Å²) in [4.78, 5) is 0. The molecule has 0 saturated heterocycles. The molecular formula is C24H37NO3Si. The molecule has 160 valence electrons. The number of aliphatic hydroxyl groups excluding tert-OH is 2. The highest BCUT2D eigenvalue weighted by Crippen LogP contribution is 2.21. The summed E-state index contributed by atoms with van der Waals surface area (Å²) in [5.41, 5.74) is 7.60. The molecule has 0 fully saturated rings. The fourth-order valence-corrected chi connectivity index (χ4v) is 6.51. The summed E-state index contributed by atoms with van der Waals surface area (Å²) in [7, 11) is 0.252. The molecule has 0 unspecified atom stereocenters. The van der Waals surface area contributed by atoms with Gasteiger partial charge in [0.05, 0.1) is 33.9 Å². The lowest BCUT2D eigenvalue weighted by Gasteiger charge is -2.25. The molecule has 0 aliphatic heterocycles. The minimum Gasteiger partial charge on any atom is -0.497 e. The van der Waals surface area contributed by atoms with Crippen LogP contribution in [0.15, 0.2) is 48.5 Å². The lowest BCUT2D eigenvalue weighted by molar-refractivity contribution is 0.115. The summed E-state index contributed by atoms with van der Waals surface area (Å²) < 4.78 is 5.57. The van der Waals surface area contributed by atoms with E-state index >= 15 is 0 Å². The number of rotatable bonds is 12. The van der Waals surface area contributed by atoms with E-state index in [4.69, 9.17) is 10.5 Å². The fourth-order valence-electron chi connectivity index (χ4n) is 3.71. The number of nitrogens with two attached hydrogens (primary N) is 1. The maximum Gasteiger partial charge on any atom is 0.118 e. The fraction of sp³-hybridized carbons (Fsp3) is 0.500. The normalized spacial score (nSPS) is 12.2. The standard InChI is InChI=1S/C24H37NO3Si/c1-28-22-9-4-5-10-23(22)29(2,3)17-7-6-8-20-11-13-21(14-12-20)15-16-24(25,18-26)19-27/h4-5,9-14,26-27H,6-8,15-19,25H2,1-3H3. The second kappa shape index (κ2) is 10.9. The zero-order chi connectivity index (χ0) is 21.3. The van der Waals surface area contributed by atoms with Crippen molar-refractivity contribution in [1.82, 2.24) is 0 Å². The average molecular weight is 416 g/mol. The Hall–Kier alpha value is -1.66. The largest absolute Gasteiger partial charge is 0.497 e. The Kier molecular flexibility index (Phi) is 8.90. The van der Waals surface area contributed by atoms with Crippen LogP contribution in [-0.2, 0) is 12.8 Å². The molecule has 4 nitrogen and oxygen atoms in total. The van der Waals surface area contributed by atoms with Crippen molar-refractivity contribution >= 4 is 13.3 Å². The number of benzene rings is 2. The second-order valence-electron chi connectivity index (χ2n) is 8.79. The van der Waals surface area contributed by atoms with Gasteiger partial charge in [-0.25, -0.2) is 0 Å². The van der Waals surface area contributed by atoms with Gasteiger partial charge in [0.1, 0.15) is 5.75 Å². The minimum absolute atomic E-state index is 0.198. The number of hydrogen-bond acceptors (Lipinski definition) is 4. The molecule has 0 aromatic heterocycles. The van der Waals surface area contributed by atoms with Crippen LogP contribution in [0.3, 0.4) is 0 Å². The van der Waals surface area contributed by atoms with E-state index in [9.17, 15) is 10.2 Å². The van der Waals surface area contributed by atoms with Crippen LogP contribution >= 0.6 is 0 Å². The van der Waals surface area contributed by atoms with Crippen molar-refractivity contribution in [3.63, 3.8) is 0 Å². The Morgan fingerprint density at radius 2 is 1.48 bits per heavy atom. The van der Waals surface area contributed by atoms with E-state index in [1.165, 1.54) is 35.2 Å². The van der Waals surface area contributed by atoms with E-state index in [1.54, 1.807) is 7.11 Å². The maximum absolute atomic E-state index is 9.30. The van der Waals surface area contributed by atoms with Crippen LogP contribution in [0, 0.1) is 0 Å². The topological polar surface area (TPSA) is 75.7 Å². The van der Waals surface area contributed by atoms with Crippen LogP contribution < -0.4 is 15.7 Å². The molecule has 2 rings (SSSR count). The molecule has 4 N–H and O–H groups in total. The smallest absolute Gasteiger partial charge is 0.118 e. The third-order valence-electron chi connectivity index (χ3n) is 5.92. The number of unbranched alkanes of at least 4 members (excludes halogenated alkanes) is 1. The molecule has 2 aromatic carbocycles. The lowest BCUT2D eigenvalue weighted by atomic mass is 9.93. The van der Waals surface area contributed by atoms with Crippen molar-refractivity contribution in [2.75, 3.05) is 20.3 Å². The first kappa shape index (κ1) is 23.6. The van der Waals surface area contributed by atoms with Crippen LogP contribution in [0.25, 0.3) is 0 Å². The Morgan fingerprint density at radius 1 is 0.897 bits per heavy atom. The summed E-state index contributed by atoms with van der Waals surface area (Å²) in [6.45, 7) is 4.46. The predicted molar refractivity (Wildman–Crippen MR) is 124 cm³/mol. The number of para-hydroxylation sites is 1.